The minimum Gasteiger partial charge on any atom is -0.466 e. The van der Waals surface area contributed by atoms with Gasteiger partial charge in [-0.3, -0.25) is 0 Å². The Hall–Kier alpha value is -1.54. The molecule has 1 N–H and O–H groups in total. The summed E-state index contributed by atoms with van der Waals surface area (Å²) < 4.78 is 5.61. The Balaban J connectivity index is 2.31. The van der Waals surface area contributed by atoms with E-state index in [1.54, 1.807) is 0 Å². The monoisotopic (exact) mass is 272 g/mol. The molecule has 0 saturated carbocycles. The highest BCUT2D eigenvalue weighted by Crippen LogP contribution is 2.32. The molecule has 0 bridgehead atoms. The molecule has 0 fully saturated rings. The van der Waals surface area contributed by atoms with Crippen molar-refractivity contribution in [2.24, 2.45) is 0 Å². The molecule has 108 valence electrons. The Morgan fingerprint density at radius 3 is 2.00 bits per heavy atom. The van der Waals surface area contributed by atoms with Crippen LogP contribution in [0.1, 0.15) is 66.1 Å². The molecule has 1 aromatic heterocycles. The molecule has 2 nitrogen and oxygen atoms in total. The number of benzene rings is 1. The molecule has 2 atom stereocenters. The van der Waals surface area contributed by atoms with Crippen LogP contribution in [-0.2, 0) is 0 Å². The van der Waals surface area contributed by atoms with Crippen molar-refractivity contribution in [3.8, 4) is 0 Å². The number of aryl methyl sites for hydroxylation is 2. The van der Waals surface area contributed by atoms with E-state index in [9.17, 15) is 5.11 Å². The van der Waals surface area contributed by atoms with Crippen LogP contribution in [0.25, 0.3) is 0 Å². The van der Waals surface area contributed by atoms with E-state index >= 15 is 0 Å². The third-order valence-electron chi connectivity index (χ3n) is 4.32. The zero-order valence-electron chi connectivity index (χ0n) is 13.0. The van der Waals surface area contributed by atoms with Gasteiger partial charge in [0.2, 0.25) is 0 Å². The molecule has 0 spiro atoms. The van der Waals surface area contributed by atoms with Gasteiger partial charge in [0.25, 0.3) is 0 Å². The number of hydrogen-bond acceptors (Lipinski definition) is 2. The largest absolute Gasteiger partial charge is 0.466 e. The van der Waals surface area contributed by atoms with Gasteiger partial charge in [0.15, 0.2) is 0 Å². The van der Waals surface area contributed by atoms with Crippen LogP contribution < -0.4 is 0 Å². The zero-order chi connectivity index (χ0) is 14.9. The zero-order valence-corrected chi connectivity index (χ0v) is 13.0. The van der Waals surface area contributed by atoms with Crippen LogP contribution >= 0.6 is 0 Å². The van der Waals surface area contributed by atoms with Crippen LogP contribution in [0.3, 0.4) is 0 Å². The minimum atomic E-state index is -0.613. The summed E-state index contributed by atoms with van der Waals surface area (Å²) in [6, 6.07) is 8.27. The maximum absolute atomic E-state index is 10.6. The third-order valence-corrected chi connectivity index (χ3v) is 4.32. The van der Waals surface area contributed by atoms with Gasteiger partial charge in [0.1, 0.15) is 17.6 Å². The van der Waals surface area contributed by atoms with Crippen molar-refractivity contribution in [2.75, 3.05) is 0 Å². The summed E-state index contributed by atoms with van der Waals surface area (Å²) in [6.07, 6.45) is 0.513. The van der Waals surface area contributed by atoms with Crippen molar-refractivity contribution in [2.45, 2.75) is 53.1 Å². The van der Waals surface area contributed by atoms with Crippen LogP contribution in [0.5, 0.6) is 0 Å². The van der Waals surface area contributed by atoms with Crippen molar-refractivity contribution in [1.29, 1.82) is 0 Å². The van der Waals surface area contributed by atoms with Crippen LogP contribution in [0.4, 0.5) is 0 Å². The predicted octanol–water partition coefficient (Wildman–Crippen LogP) is 4.80. The Morgan fingerprint density at radius 2 is 1.55 bits per heavy atom. The summed E-state index contributed by atoms with van der Waals surface area (Å²) in [4.78, 5) is 0. The first-order chi connectivity index (χ1) is 9.45. The smallest absolute Gasteiger partial charge is 0.108 e. The molecule has 1 aromatic carbocycles. The number of aliphatic hydroxyl groups excluding tert-OH is 1. The highest BCUT2D eigenvalue weighted by molar-refractivity contribution is 5.40. The number of rotatable bonds is 4. The molecule has 0 radical (unpaired) electrons. The molecular formula is C18H24O2. The molecule has 2 unspecified atom stereocenters. The molecule has 2 heteroatoms. The Bertz CT molecular complexity index is 578. The van der Waals surface area contributed by atoms with Crippen molar-refractivity contribution in [3.63, 3.8) is 0 Å². The average molecular weight is 272 g/mol. The number of aliphatic hydroxyl groups is 1. The first-order valence-electron chi connectivity index (χ1n) is 7.30. The van der Waals surface area contributed by atoms with Gasteiger partial charge in [-0.1, -0.05) is 38.1 Å². The van der Waals surface area contributed by atoms with E-state index in [0.29, 0.717) is 5.92 Å². The lowest BCUT2D eigenvalue weighted by Crippen LogP contribution is -2.02. The summed E-state index contributed by atoms with van der Waals surface area (Å²) >= 11 is 0. The van der Waals surface area contributed by atoms with Crippen LogP contribution in [0, 0.1) is 20.8 Å². The van der Waals surface area contributed by atoms with Crippen molar-refractivity contribution >= 4 is 0 Å². The van der Waals surface area contributed by atoms with Crippen LogP contribution in [0.15, 0.2) is 28.7 Å². The van der Waals surface area contributed by atoms with Gasteiger partial charge < -0.3 is 9.52 Å². The highest BCUT2D eigenvalue weighted by atomic mass is 16.3. The number of furan rings is 1. The fraction of sp³-hybridized carbons (Fsp3) is 0.444. The average Bonchev–Trinajstić information content (AvgIpc) is 2.71. The standard InChI is InChI=1S/C18H24O2/c1-6-11(2)15-7-9-16(10-8-15)18(19)17-12(3)13(4)20-14(17)5/h7-11,18-19H,6H2,1-5H3. The Morgan fingerprint density at radius 1 is 1.00 bits per heavy atom. The van der Waals surface area contributed by atoms with Gasteiger partial charge in [-0.05, 0) is 49.8 Å². The SMILES string of the molecule is CCC(C)c1ccc(C(O)c2c(C)oc(C)c2C)cc1. The van der Waals surface area contributed by atoms with E-state index in [0.717, 1.165) is 34.6 Å². The van der Waals surface area contributed by atoms with Crippen molar-refractivity contribution in [1.82, 2.24) is 0 Å². The van der Waals surface area contributed by atoms with Crippen LogP contribution in [0.2, 0.25) is 0 Å². The van der Waals surface area contributed by atoms with E-state index in [2.05, 4.69) is 26.0 Å². The summed E-state index contributed by atoms with van der Waals surface area (Å²) in [5.41, 5.74) is 4.18. The van der Waals surface area contributed by atoms with Crippen molar-refractivity contribution in [3.05, 3.63) is 58.0 Å². The molecule has 0 saturated heterocycles. The number of hydrogen-bond donors (Lipinski definition) is 1. The summed E-state index contributed by atoms with van der Waals surface area (Å²) in [6.45, 7) is 10.3. The second kappa shape index (κ2) is 5.84. The second-order valence-electron chi connectivity index (χ2n) is 5.63. The maximum atomic E-state index is 10.6. The molecular weight excluding hydrogens is 248 g/mol. The predicted molar refractivity (Wildman–Crippen MR) is 82.1 cm³/mol. The van der Waals surface area contributed by atoms with E-state index in [1.165, 1.54) is 5.56 Å². The summed E-state index contributed by atoms with van der Waals surface area (Å²) in [7, 11) is 0. The molecule has 2 aromatic rings. The fourth-order valence-electron chi connectivity index (χ4n) is 2.62. The van der Waals surface area contributed by atoms with Gasteiger partial charge in [-0.2, -0.15) is 0 Å². The topological polar surface area (TPSA) is 33.4 Å². The van der Waals surface area contributed by atoms with Crippen molar-refractivity contribution < 1.29 is 9.52 Å². The Kier molecular flexibility index (Phi) is 4.34. The van der Waals surface area contributed by atoms with Gasteiger partial charge in [0.05, 0.1) is 0 Å². The van der Waals surface area contributed by atoms with Crippen LogP contribution in [-0.4, -0.2) is 5.11 Å². The van der Waals surface area contributed by atoms with E-state index in [1.807, 2.05) is 32.9 Å². The molecule has 0 amide bonds. The lowest BCUT2D eigenvalue weighted by atomic mass is 9.94. The normalized spacial score (nSPS) is 14.3. The lowest BCUT2D eigenvalue weighted by molar-refractivity contribution is 0.217. The van der Waals surface area contributed by atoms with Gasteiger partial charge in [-0.15, -0.1) is 0 Å². The maximum Gasteiger partial charge on any atom is 0.108 e. The highest BCUT2D eigenvalue weighted by Gasteiger charge is 2.20. The molecule has 0 aliphatic heterocycles. The molecule has 0 aliphatic rings. The van der Waals surface area contributed by atoms with E-state index < -0.39 is 6.10 Å². The second-order valence-corrected chi connectivity index (χ2v) is 5.63. The van der Waals surface area contributed by atoms with Gasteiger partial charge in [0, 0.05) is 5.56 Å². The molecule has 1 heterocycles. The van der Waals surface area contributed by atoms with E-state index in [-0.39, 0.29) is 0 Å². The van der Waals surface area contributed by atoms with Gasteiger partial charge >= 0.3 is 0 Å². The van der Waals surface area contributed by atoms with Gasteiger partial charge in [-0.25, -0.2) is 0 Å². The minimum absolute atomic E-state index is 0.556. The first-order valence-corrected chi connectivity index (χ1v) is 7.30. The molecule has 2 rings (SSSR count). The summed E-state index contributed by atoms with van der Waals surface area (Å²) in [5.74, 6) is 2.24. The first kappa shape index (κ1) is 14.9. The Labute approximate surface area is 121 Å². The quantitative estimate of drug-likeness (QED) is 0.867. The molecule has 0 aliphatic carbocycles. The fourth-order valence-corrected chi connectivity index (χ4v) is 2.62. The molecule has 20 heavy (non-hydrogen) atoms. The summed E-state index contributed by atoms with van der Waals surface area (Å²) in [5, 5.41) is 10.6. The lowest BCUT2D eigenvalue weighted by Gasteiger charge is -2.14. The third kappa shape index (κ3) is 2.66. The van der Waals surface area contributed by atoms with E-state index in [4.69, 9.17) is 4.42 Å².